The molecule has 1 aliphatic heterocycles. The van der Waals surface area contributed by atoms with Crippen LogP contribution in [0.5, 0.6) is 0 Å². The molecule has 10 heteroatoms. The van der Waals surface area contributed by atoms with Crippen molar-refractivity contribution < 1.29 is 29.4 Å². The Kier molecular flexibility index (Phi) is 7.11. The standard InChI is InChI=1S/C14H24N4O6/c1-7(12(22)16-6-10(20)21)17-13(23)9-4-3-5-18(9)14(24)11(15)8(2)19/h7-9,11,19H,3-6,15H2,1-2H3,(H,16,22)(H,17,23)(H,20,21). The molecule has 136 valence electrons. The highest BCUT2D eigenvalue weighted by Gasteiger charge is 2.37. The second-order valence-electron chi connectivity index (χ2n) is 5.80. The largest absolute Gasteiger partial charge is 0.480 e. The molecule has 1 heterocycles. The van der Waals surface area contributed by atoms with Gasteiger partial charge in [-0.05, 0) is 26.7 Å². The number of aliphatic hydroxyl groups is 1. The monoisotopic (exact) mass is 344 g/mol. The number of hydrogen-bond acceptors (Lipinski definition) is 6. The van der Waals surface area contributed by atoms with Crippen molar-refractivity contribution >= 4 is 23.7 Å². The van der Waals surface area contributed by atoms with Gasteiger partial charge in [0.25, 0.3) is 0 Å². The van der Waals surface area contributed by atoms with Crippen LogP contribution >= 0.6 is 0 Å². The molecule has 0 aromatic carbocycles. The van der Waals surface area contributed by atoms with E-state index in [-0.39, 0.29) is 0 Å². The number of nitrogens with zero attached hydrogens (tertiary/aromatic N) is 1. The first-order chi connectivity index (χ1) is 11.1. The zero-order valence-electron chi connectivity index (χ0n) is 13.7. The maximum Gasteiger partial charge on any atom is 0.322 e. The van der Waals surface area contributed by atoms with Crippen molar-refractivity contribution in [3.63, 3.8) is 0 Å². The summed E-state index contributed by atoms with van der Waals surface area (Å²) in [4.78, 5) is 47.9. The predicted molar refractivity (Wildman–Crippen MR) is 82.6 cm³/mol. The maximum atomic E-state index is 12.3. The summed E-state index contributed by atoms with van der Waals surface area (Å²) in [5.41, 5.74) is 5.63. The number of nitrogens with one attached hydrogen (secondary N) is 2. The van der Waals surface area contributed by atoms with Crippen molar-refractivity contribution in [3.8, 4) is 0 Å². The third-order valence-corrected chi connectivity index (χ3v) is 3.81. The van der Waals surface area contributed by atoms with Crippen LogP contribution in [0.2, 0.25) is 0 Å². The molecule has 0 aromatic rings. The minimum absolute atomic E-state index is 0.344. The lowest BCUT2D eigenvalue weighted by Gasteiger charge is -2.28. The van der Waals surface area contributed by atoms with Crippen LogP contribution in [0.15, 0.2) is 0 Å². The molecule has 0 radical (unpaired) electrons. The van der Waals surface area contributed by atoms with Gasteiger partial charge in [0.05, 0.1) is 6.10 Å². The third kappa shape index (κ3) is 5.17. The van der Waals surface area contributed by atoms with Crippen molar-refractivity contribution in [3.05, 3.63) is 0 Å². The topological polar surface area (TPSA) is 162 Å². The van der Waals surface area contributed by atoms with Crippen molar-refractivity contribution in [1.82, 2.24) is 15.5 Å². The van der Waals surface area contributed by atoms with Crippen LogP contribution in [-0.4, -0.2) is 76.1 Å². The molecule has 24 heavy (non-hydrogen) atoms. The van der Waals surface area contributed by atoms with E-state index in [1.54, 1.807) is 0 Å². The van der Waals surface area contributed by atoms with E-state index in [1.165, 1.54) is 18.7 Å². The van der Waals surface area contributed by atoms with E-state index in [0.717, 1.165) is 0 Å². The first-order valence-corrected chi connectivity index (χ1v) is 7.69. The van der Waals surface area contributed by atoms with Gasteiger partial charge in [-0.1, -0.05) is 0 Å². The number of nitrogens with two attached hydrogens (primary N) is 1. The van der Waals surface area contributed by atoms with Crippen LogP contribution < -0.4 is 16.4 Å². The van der Waals surface area contributed by atoms with Crippen LogP contribution in [-0.2, 0) is 19.2 Å². The van der Waals surface area contributed by atoms with Gasteiger partial charge >= 0.3 is 5.97 Å². The number of aliphatic hydroxyl groups excluding tert-OH is 1. The number of aliphatic carboxylic acids is 1. The smallest absolute Gasteiger partial charge is 0.322 e. The van der Waals surface area contributed by atoms with Gasteiger partial charge in [0.2, 0.25) is 17.7 Å². The van der Waals surface area contributed by atoms with Gasteiger partial charge in [-0.25, -0.2) is 0 Å². The lowest BCUT2D eigenvalue weighted by molar-refractivity contribution is -0.142. The Bertz CT molecular complexity index is 509. The highest BCUT2D eigenvalue weighted by atomic mass is 16.4. The summed E-state index contributed by atoms with van der Waals surface area (Å²) in [6, 6.07) is -2.83. The Morgan fingerprint density at radius 1 is 1.29 bits per heavy atom. The van der Waals surface area contributed by atoms with E-state index >= 15 is 0 Å². The van der Waals surface area contributed by atoms with E-state index in [1.807, 2.05) is 0 Å². The SMILES string of the molecule is CC(NC(=O)C1CCCN1C(=O)C(N)C(C)O)C(=O)NCC(=O)O. The number of carboxylic acids is 1. The highest BCUT2D eigenvalue weighted by molar-refractivity contribution is 5.93. The van der Waals surface area contributed by atoms with Crippen LogP contribution in [0.4, 0.5) is 0 Å². The molecule has 0 aliphatic carbocycles. The third-order valence-electron chi connectivity index (χ3n) is 3.81. The summed E-state index contributed by atoms with van der Waals surface area (Å²) in [7, 11) is 0. The minimum Gasteiger partial charge on any atom is -0.480 e. The summed E-state index contributed by atoms with van der Waals surface area (Å²) >= 11 is 0. The van der Waals surface area contributed by atoms with Crippen molar-refractivity contribution in [2.45, 2.75) is 50.9 Å². The maximum absolute atomic E-state index is 12.3. The van der Waals surface area contributed by atoms with E-state index < -0.39 is 54.5 Å². The summed E-state index contributed by atoms with van der Waals surface area (Å²) in [5, 5.41) is 22.6. The molecule has 0 bridgehead atoms. The highest BCUT2D eigenvalue weighted by Crippen LogP contribution is 2.19. The van der Waals surface area contributed by atoms with Gasteiger partial charge < -0.3 is 31.5 Å². The summed E-state index contributed by atoms with van der Waals surface area (Å²) < 4.78 is 0. The Balaban J connectivity index is 2.64. The molecular formula is C14H24N4O6. The number of rotatable bonds is 7. The molecular weight excluding hydrogens is 320 g/mol. The lowest BCUT2D eigenvalue weighted by atomic mass is 10.1. The summed E-state index contributed by atoms with van der Waals surface area (Å²) in [6.07, 6.45) is -0.00806. The molecule has 1 rings (SSSR count). The van der Waals surface area contributed by atoms with Crippen molar-refractivity contribution in [2.24, 2.45) is 5.73 Å². The van der Waals surface area contributed by atoms with Crippen LogP contribution in [0, 0.1) is 0 Å². The molecule has 10 nitrogen and oxygen atoms in total. The Labute approximate surface area is 139 Å². The van der Waals surface area contributed by atoms with Gasteiger partial charge in [-0.15, -0.1) is 0 Å². The van der Waals surface area contributed by atoms with Crippen LogP contribution in [0.25, 0.3) is 0 Å². The quantitative estimate of drug-likeness (QED) is 0.338. The lowest BCUT2D eigenvalue weighted by Crippen LogP contribution is -2.56. The van der Waals surface area contributed by atoms with Gasteiger partial charge in [0.1, 0.15) is 24.7 Å². The van der Waals surface area contributed by atoms with E-state index in [2.05, 4.69) is 10.6 Å². The van der Waals surface area contributed by atoms with E-state index in [0.29, 0.717) is 19.4 Å². The van der Waals surface area contributed by atoms with Gasteiger partial charge in [0, 0.05) is 6.54 Å². The average Bonchev–Trinajstić information content (AvgIpc) is 3.00. The van der Waals surface area contributed by atoms with Crippen LogP contribution in [0.1, 0.15) is 26.7 Å². The zero-order valence-corrected chi connectivity index (χ0v) is 13.7. The molecule has 0 aromatic heterocycles. The molecule has 3 amide bonds. The zero-order chi connectivity index (χ0) is 18.4. The Morgan fingerprint density at radius 3 is 2.46 bits per heavy atom. The molecule has 0 spiro atoms. The molecule has 4 unspecified atom stereocenters. The molecule has 4 atom stereocenters. The van der Waals surface area contributed by atoms with Gasteiger partial charge in [-0.2, -0.15) is 0 Å². The van der Waals surface area contributed by atoms with Gasteiger partial charge in [0.15, 0.2) is 0 Å². The fourth-order valence-corrected chi connectivity index (χ4v) is 2.39. The predicted octanol–water partition coefficient (Wildman–Crippen LogP) is -2.61. The molecule has 0 saturated carbocycles. The second kappa shape index (κ2) is 8.60. The fourth-order valence-electron chi connectivity index (χ4n) is 2.39. The second-order valence-corrected chi connectivity index (χ2v) is 5.80. The number of hydrogen-bond donors (Lipinski definition) is 5. The summed E-state index contributed by atoms with van der Waals surface area (Å²) in [5.74, 6) is -2.87. The number of likely N-dealkylation sites (tertiary alicyclic amines) is 1. The first-order valence-electron chi connectivity index (χ1n) is 7.69. The molecule has 1 aliphatic rings. The van der Waals surface area contributed by atoms with Crippen molar-refractivity contribution in [1.29, 1.82) is 0 Å². The van der Waals surface area contributed by atoms with Gasteiger partial charge in [-0.3, -0.25) is 19.2 Å². The normalized spacial score (nSPS) is 20.8. The minimum atomic E-state index is -1.19. The van der Waals surface area contributed by atoms with Crippen LogP contribution in [0.3, 0.4) is 0 Å². The molecule has 1 saturated heterocycles. The van der Waals surface area contributed by atoms with Crippen molar-refractivity contribution in [2.75, 3.05) is 13.1 Å². The number of amides is 3. The average molecular weight is 344 g/mol. The van der Waals surface area contributed by atoms with E-state index in [9.17, 15) is 24.3 Å². The number of carboxylic acid groups (broad SMARTS) is 1. The number of carbonyl (C=O) groups is 4. The first kappa shape index (κ1) is 19.8. The fraction of sp³-hybridized carbons (Fsp3) is 0.714. The Morgan fingerprint density at radius 2 is 1.92 bits per heavy atom. The molecule has 6 N–H and O–H groups in total. The Hall–Kier alpha value is -2.20. The summed E-state index contributed by atoms with van der Waals surface area (Å²) in [6.45, 7) is 2.60. The van der Waals surface area contributed by atoms with E-state index in [4.69, 9.17) is 10.8 Å². The number of carbonyl (C=O) groups excluding carboxylic acids is 3. The molecule has 1 fully saturated rings.